The Balaban J connectivity index is 2.41. The predicted molar refractivity (Wildman–Crippen MR) is 71.0 cm³/mol. The van der Waals surface area contributed by atoms with Crippen molar-refractivity contribution < 1.29 is 17.9 Å². The molecule has 0 saturated carbocycles. The maximum Gasteiger partial charge on any atom is 0.573 e. The summed E-state index contributed by atoms with van der Waals surface area (Å²) in [5, 5.41) is 0. The van der Waals surface area contributed by atoms with E-state index in [0.29, 0.717) is 15.7 Å². The molecule has 8 heteroatoms. The van der Waals surface area contributed by atoms with Crippen molar-refractivity contribution in [1.82, 2.24) is 9.97 Å². The fourth-order valence-electron chi connectivity index (χ4n) is 1.54. The average molecular weight is 348 g/mol. The Morgan fingerprint density at radius 2 is 1.95 bits per heavy atom. The smallest absolute Gasteiger partial charge is 0.406 e. The number of hydrogen-bond donors (Lipinski definition) is 1. The molecule has 2 rings (SSSR count). The van der Waals surface area contributed by atoms with Gasteiger partial charge in [-0.25, -0.2) is 9.97 Å². The van der Waals surface area contributed by atoms with Crippen LogP contribution in [0.1, 0.15) is 5.69 Å². The second kappa shape index (κ2) is 5.28. The largest absolute Gasteiger partial charge is 0.573 e. The van der Waals surface area contributed by atoms with E-state index in [0.717, 1.165) is 0 Å². The monoisotopic (exact) mass is 347 g/mol. The summed E-state index contributed by atoms with van der Waals surface area (Å²) in [6, 6.07) is 5.40. The highest BCUT2D eigenvalue weighted by atomic mass is 79.9. The zero-order valence-electron chi connectivity index (χ0n) is 10.2. The molecule has 1 aromatic carbocycles. The molecule has 1 heterocycles. The first-order valence-electron chi connectivity index (χ1n) is 5.42. The number of aromatic nitrogens is 2. The Bertz CT molecular complexity index is 623. The Morgan fingerprint density at radius 3 is 2.55 bits per heavy atom. The summed E-state index contributed by atoms with van der Waals surface area (Å²) in [7, 11) is 0. The van der Waals surface area contributed by atoms with Gasteiger partial charge in [0.2, 0.25) is 0 Å². The topological polar surface area (TPSA) is 61.0 Å². The summed E-state index contributed by atoms with van der Waals surface area (Å²) in [5.74, 6) is 0.114. The normalized spacial score (nSPS) is 11.4. The van der Waals surface area contributed by atoms with E-state index in [1.165, 1.54) is 18.2 Å². The highest BCUT2D eigenvalue weighted by molar-refractivity contribution is 9.10. The van der Waals surface area contributed by atoms with Crippen LogP contribution in [-0.4, -0.2) is 16.3 Å². The summed E-state index contributed by atoms with van der Waals surface area (Å²) < 4.78 is 40.9. The van der Waals surface area contributed by atoms with E-state index in [4.69, 9.17) is 5.73 Å². The van der Waals surface area contributed by atoms with Gasteiger partial charge in [-0.05, 0) is 35.0 Å². The highest BCUT2D eigenvalue weighted by Gasteiger charge is 2.31. The first kappa shape index (κ1) is 14.6. The SMILES string of the molecule is Cc1nc(-c2cccc(OC(F)(F)F)c2)nc(N)c1Br. The van der Waals surface area contributed by atoms with E-state index >= 15 is 0 Å². The van der Waals surface area contributed by atoms with Crippen LogP contribution in [0.4, 0.5) is 19.0 Å². The number of rotatable bonds is 2. The molecular formula is C12H9BrF3N3O. The third kappa shape index (κ3) is 3.38. The van der Waals surface area contributed by atoms with Gasteiger partial charge in [0, 0.05) is 5.56 Å². The van der Waals surface area contributed by atoms with Crippen molar-refractivity contribution in [3.05, 3.63) is 34.4 Å². The molecule has 2 aromatic rings. The summed E-state index contributed by atoms with van der Waals surface area (Å²) in [4.78, 5) is 8.19. The van der Waals surface area contributed by atoms with Crippen molar-refractivity contribution in [2.75, 3.05) is 5.73 Å². The first-order valence-corrected chi connectivity index (χ1v) is 6.21. The van der Waals surface area contributed by atoms with Gasteiger partial charge in [-0.2, -0.15) is 0 Å². The zero-order valence-corrected chi connectivity index (χ0v) is 11.8. The molecular weight excluding hydrogens is 339 g/mol. The van der Waals surface area contributed by atoms with Gasteiger partial charge in [0.05, 0.1) is 10.2 Å². The number of ether oxygens (including phenoxy) is 1. The lowest BCUT2D eigenvalue weighted by Crippen LogP contribution is -2.17. The van der Waals surface area contributed by atoms with Crippen molar-refractivity contribution in [3.63, 3.8) is 0 Å². The van der Waals surface area contributed by atoms with Gasteiger partial charge < -0.3 is 10.5 Å². The Kier molecular flexibility index (Phi) is 3.85. The molecule has 0 aliphatic rings. The van der Waals surface area contributed by atoms with E-state index in [2.05, 4.69) is 30.6 Å². The van der Waals surface area contributed by atoms with E-state index in [-0.39, 0.29) is 17.4 Å². The van der Waals surface area contributed by atoms with Crippen LogP contribution < -0.4 is 10.5 Å². The standard InChI is InChI=1S/C12H9BrF3N3O/c1-6-9(13)10(17)19-11(18-6)7-3-2-4-8(5-7)20-12(14,15)16/h2-5H,1H3,(H2,17,18,19). The van der Waals surface area contributed by atoms with Crippen molar-refractivity contribution in [1.29, 1.82) is 0 Å². The van der Waals surface area contributed by atoms with Gasteiger partial charge in [-0.15, -0.1) is 13.2 Å². The van der Waals surface area contributed by atoms with Crippen LogP contribution in [0.5, 0.6) is 5.75 Å². The van der Waals surface area contributed by atoms with Crippen molar-refractivity contribution >= 4 is 21.7 Å². The second-order valence-electron chi connectivity index (χ2n) is 3.91. The zero-order chi connectivity index (χ0) is 14.9. The van der Waals surface area contributed by atoms with Crippen LogP contribution in [0.2, 0.25) is 0 Å². The maximum atomic E-state index is 12.2. The molecule has 0 amide bonds. The second-order valence-corrected chi connectivity index (χ2v) is 4.70. The van der Waals surface area contributed by atoms with Gasteiger partial charge >= 0.3 is 6.36 Å². The van der Waals surface area contributed by atoms with Crippen LogP contribution in [0, 0.1) is 6.92 Å². The molecule has 1 aromatic heterocycles. The Labute approximate surface area is 120 Å². The number of alkyl halides is 3. The summed E-state index contributed by atoms with van der Waals surface area (Å²) in [6.07, 6.45) is -4.74. The van der Waals surface area contributed by atoms with E-state index in [1.807, 2.05) is 0 Å². The van der Waals surface area contributed by atoms with Gasteiger partial charge in [0.1, 0.15) is 11.6 Å². The predicted octanol–water partition coefficient (Wildman–Crippen LogP) is 3.70. The minimum absolute atomic E-state index is 0.217. The minimum Gasteiger partial charge on any atom is -0.406 e. The van der Waals surface area contributed by atoms with Crippen LogP contribution >= 0.6 is 15.9 Å². The van der Waals surface area contributed by atoms with E-state index in [1.54, 1.807) is 13.0 Å². The molecule has 0 fully saturated rings. The lowest BCUT2D eigenvalue weighted by molar-refractivity contribution is -0.274. The minimum atomic E-state index is -4.74. The van der Waals surface area contributed by atoms with Crippen LogP contribution in [0.3, 0.4) is 0 Å². The molecule has 20 heavy (non-hydrogen) atoms. The fourth-order valence-corrected chi connectivity index (χ4v) is 1.72. The number of nitrogen functional groups attached to an aromatic ring is 1. The lowest BCUT2D eigenvalue weighted by atomic mass is 10.2. The molecule has 0 aliphatic heterocycles. The van der Waals surface area contributed by atoms with Crippen LogP contribution in [0.15, 0.2) is 28.7 Å². The van der Waals surface area contributed by atoms with Gasteiger partial charge in [0.25, 0.3) is 0 Å². The molecule has 0 radical (unpaired) electrons. The number of nitrogens with zero attached hydrogens (tertiary/aromatic N) is 2. The quantitative estimate of drug-likeness (QED) is 0.899. The number of hydrogen-bond acceptors (Lipinski definition) is 4. The summed E-state index contributed by atoms with van der Waals surface area (Å²) in [6.45, 7) is 1.71. The number of halogens is 4. The lowest BCUT2D eigenvalue weighted by Gasteiger charge is -2.10. The van der Waals surface area contributed by atoms with E-state index in [9.17, 15) is 13.2 Å². The Hall–Kier alpha value is -1.83. The summed E-state index contributed by atoms with van der Waals surface area (Å²) >= 11 is 3.22. The van der Waals surface area contributed by atoms with Crippen LogP contribution in [0.25, 0.3) is 11.4 Å². The third-order valence-corrected chi connectivity index (χ3v) is 3.35. The van der Waals surface area contributed by atoms with Gasteiger partial charge in [-0.1, -0.05) is 12.1 Å². The van der Waals surface area contributed by atoms with Gasteiger partial charge in [0.15, 0.2) is 5.82 Å². The molecule has 0 aliphatic carbocycles. The van der Waals surface area contributed by atoms with E-state index < -0.39 is 6.36 Å². The molecule has 106 valence electrons. The molecule has 0 unspecified atom stereocenters. The molecule has 0 saturated heterocycles. The van der Waals surface area contributed by atoms with Crippen molar-refractivity contribution in [3.8, 4) is 17.1 Å². The maximum absolute atomic E-state index is 12.2. The summed E-state index contributed by atoms with van der Waals surface area (Å²) in [5.41, 5.74) is 6.67. The molecule has 0 atom stereocenters. The number of anilines is 1. The van der Waals surface area contributed by atoms with Crippen LogP contribution in [-0.2, 0) is 0 Å². The molecule has 4 nitrogen and oxygen atoms in total. The molecule has 2 N–H and O–H groups in total. The van der Waals surface area contributed by atoms with Gasteiger partial charge in [-0.3, -0.25) is 0 Å². The highest BCUT2D eigenvalue weighted by Crippen LogP contribution is 2.28. The molecule has 0 bridgehead atoms. The van der Waals surface area contributed by atoms with Crippen molar-refractivity contribution in [2.24, 2.45) is 0 Å². The number of benzene rings is 1. The fraction of sp³-hybridized carbons (Fsp3) is 0.167. The Morgan fingerprint density at radius 1 is 1.25 bits per heavy atom. The third-order valence-electron chi connectivity index (χ3n) is 2.37. The molecule has 0 spiro atoms. The average Bonchev–Trinajstić information content (AvgIpc) is 2.33. The number of nitrogens with two attached hydrogens (primary N) is 1. The number of aryl methyl sites for hydroxylation is 1. The first-order chi connectivity index (χ1) is 9.26. The van der Waals surface area contributed by atoms with Crippen molar-refractivity contribution in [2.45, 2.75) is 13.3 Å².